The number of benzene rings is 1. The van der Waals surface area contributed by atoms with Gasteiger partial charge in [0.2, 0.25) is 0 Å². The molecule has 4 heterocycles. The van der Waals surface area contributed by atoms with Gasteiger partial charge in [-0.2, -0.15) is 5.26 Å². The number of nitrogens with one attached hydrogen (secondary N) is 3. The Morgan fingerprint density at radius 2 is 2.09 bits per heavy atom. The van der Waals surface area contributed by atoms with E-state index in [1.54, 1.807) is 13.3 Å². The molecule has 9 nitrogen and oxygen atoms in total. The van der Waals surface area contributed by atoms with Crippen LogP contribution in [0.1, 0.15) is 38.9 Å². The van der Waals surface area contributed by atoms with Crippen molar-refractivity contribution < 1.29 is 5.11 Å². The largest absolute Gasteiger partial charge is 0.389 e. The van der Waals surface area contributed by atoms with E-state index in [0.29, 0.717) is 18.2 Å². The van der Waals surface area contributed by atoms with Crippen LogP contribution in [-0.4, -0.2) is 32.7 Å². The number of allylic oxidation sites excluding steroid dienone is 3. The fourth-order valence-electron chi connectivity index (χ4n) is 4.35. The Labute approximate surface area is 198 Å². The van der Waals surface area contributed by atoms with E-state index >= 15 is 0 Å². The summed E-state index contributed by atoms with van der Waals surface area (Å²) in [5.74, 6) is 2.26. The van der Waals surface area contributed by atoms with Crippen molar-refractivity contribution in [2.24, 2.45) is 5.41 Å². The molecule has 2 aliphatic rings. The van der Waals surface area contributed by atoms with E-state index in [1.165, 1.54) is 0 Å². The van der Waals surface area contributed by atoms with Gasteiger partial charge >= 0.3 is 0 Å². The number of fused-ring (bicyclic) bond motifs is 1. The molecule has 0 aliphatic carbocycles. The number of hydrogen-bond donors (Lipinski definition) is 4. The highest BCUT2D eigenvalue weighted by Gasteiger charge is 2.35. The SMILES string of the molecule is CC1=CC=C(Nc2ccc3ncn(-c4ccc(C(C)O)c(N5CCC(C)(C#N)C5)n4)c3c2)NN1. The maximum absolute atomic E-state index is 10.4. The van der Waals surface area contributed by atoms with Gasteiger partial charge < -0.3 is 20.7 Å². The first-order valence-corrected chi connectivity index (χ1v) is 11.4. The quantitative estimate of drug-likeness (QED) is 0.461. The molecule has 3 aromatic rings. The van der Waals surface area contributed by atoms with Crippen molar-refractivity contribution in [1.82, 2.24) is 25.4 Å². The third-order valence-electron chi connectivity index (χ3n) is 6.35. The predicted octanol–water partition coefficient (Wildman–Crippen LogP) is 3.48. The van der Waals surface area contributed by atoms with Crippen molar-refractivity contribution in [3.05, 3.63) is 65.9 Å². The van der Waals surface area contributed by atoms with Crippen molar-refractivity contribution in [2.75, 3.05) is 23.3 Å². The van der Waals surface area contributed by atoms with Crippen LogP contribution in [-0.2, 0) is 0 Å². The summed E-state index contributed by atoms with van der Waals surface area (Å²) in [5, 5.41) is 23.3. The van der Waals surface area contributed by atoms with Gasteiger partial charge in [-0.3, -0.25) is 9.99 Å². The number of aliphatic hydroxyl groups is 1. The topological polar surface area (TPSA) is 114 Å². The van der Waals surface area contributed by atoms with Crippen molar-refractivity contribution in [3.8, 4) is 11.9 Å². The third kappa shape index (κ3) is 4.04. The molecule has 1 saturated heterocycles. The average Bonchev–Trinajstić information content (AvgIpc) is 3.44. The lowest BCUT2D eigenvalue weighted by Crippen LogP contribution is -2.34. The number of anilines is 2. The molecule has 34 heavy (non-hydrogen) atoms. The van der Waals surface area contributed by atoms with Gasteiger partial charge in [-0.1, -0.05) is 0 Å². The lowest BCUT2D eigenvalue weighted by Gasteiger charge is -2.24. The number of rotatable bonds is 5. The summed E-state index contributed by atoms with van der Waals surface area (Å²) in [4.78, 5) is 11.6. The number of aliphatic hydroxyl groups excluding tert-OH is 1. The molecule has 9 heteroatoms. The number of pyridine rings is 1. The Bertz CT molecular complexity index is 1350. The van der Waals surface area contributed by atoms with Gasteiger partial charge in [0.05, 0.1) is 28.6 Å². The van der Waals surface area contributed by atoms with Gasteiger partial charge in [0.25, 0.3) is 0 Å². The summed E-state index contributed by atoms with van der Waals surface area (Å²) in [6.45, 7) is 7.01. The van der Waals surface area contributed by atoms with Crippen LogP contribution >= 0.6 is 0 Å². The second-order valence-electron chi connectivity index (χ2n) is 9.23. The molecule has 174 valence electrons. The van der Waals surface area contributed by atoms with Gasteiger partial charge in [-0.25, -0.2) is 9.97 Å². The molecule has 5 rings (SSSR count). The predicted molar refractivity (Wildman–Crippen MR) is 132 cm³/mol. The molecule has 0 amide bonds. The second kappa shape index (κ2) is 8.39. The van der Waals surface area contributed by atoms with Crippen LogP contribution in [0.15, 0.2) is 60.3 Å². The Kier molecular flexibility index (Phi) is 5.38. The molecular weight excluding hydrogens is 428 g/mol. The highest BCUT2D eigenvalue weighted by molar-refractivity contribution is 5.81. The number of nitriles is 1. The van der Waals surface area contributed by atoms with Crippen LogP contribution in [0, 0.1) is 16.7 Å². The minimum atomic E-state index is -0.664. The van der Waals surface area contributed by atoms with Crippen molar-refractivity contribution in [1.29, 1.82) is 5.26 Å². The van der Waals surface area contributed by atoms with Gasteiger partial charge in [-0.05, 0) is 69.7 Å². The minimum Gasteiger partial charge on any atom is -0.389 e. The molecule has 1 aromatic carbocycles. The molecule has 1 fully saturated rings. The number of hydrazine groups is 1. The average molecular weight is 457 g/mol. The van der Waals surface area contributed by atoms with Crippen LogP contribution in [0.5, 0.6) is 0 Å². The zero-order chi connectivity index (χ0) is 23.9. The fourth-order valence-corrected chi connectivity index (χ4v) is 4.35. The summed E-state index contributed by atoms with van der Waals surface area (Å²) in [5.41, 5.74) is 10.3. The van der Waals surface area contributed by atoms with Gasteiger partial charge in [0.15, 0.2) is 0 Å². The zero-order valence-corrected chi connectivity index (χ0v) is 19.5. The molecule has 0 spiro atoms. The van der Waals surface area contributed by atoms with Crippen molar-refractivity contribution in [2.45, 2.75) is 33.3 Å². The molecule has 0 radical (unpaired) electrons. The molecule has 2 atom stereocenters. The Hall–Kier alpha value is -4.03. The number of hydrogen-bond acceptors (Lipinski definition) is 8. The smallest absolute Gasteiger partial charge is 0.140 e. The first kappa shape index (κ1) is 21.8. The highest BCUT2D eigenvalue weighted by Crippen LogP contribution is 2.35. The first-order valence-electron chi connectivity index (χ1n) is 11.4. The monoisotopic (exact) mass is 456 g/mol. The first-order chi connectivity index (χ1) is 16.3. The van der Waals surface area contributed by atoms with Crippen LogP contribution in [0.25, 0.3) is 16.9 Å². The van der Waals surface area contributed by atoms with E-state index in [1.807, 2.05) is 60.9 Å². The molecule has 2 aromatic heterocycles. The summed E-state index contributed by atoms with van der Waals surface area (Å²) in [6, 6.07) is 12.2. The maximum Gasteiger partial charge on any atom is 0.140 e. The van der Waals surface area contributed by atoms with E-state index in [9.17, 15) is 10.4 Å². The van der Waals surface area contributed by atoms with Crippen LogP contribution in [0.4, 0.5) is 11.5 Å². The van der Waals surface area contributed by atoms with E-state index in [-0.39, 0.29) is 0 Å². The van der Waals surface area contributed by atoms with Crippen molar-refractivity contribution in [3.63, 3.8) is 0 Å². The minimum absolute atomic E-state index is 0.416. The van der Waals surface area contributed by atoms with Gasteiger partial charge in [0, 0.05) is 30.0 Å². The van der Waals surface area contributed by atoms with E-state index in [0.717, 1.165) is 46.8 Å². The zero-order valence-electron chi connectivity index (χ0n) is 19.5. The Balaban J connectivity index is 1.51. The van der Waals surface area contributed by atoms with Crippen LogP contribution < -0.4 is 21.1 Å². The second-order valence-corrected chi connectivity index (χ2v) is 9.23. The molecule has 2 aliphatic heterocycles. The summed E-state index contributed by atoms with van der Waals surface area (Å²) in [7, 11) is 0. The van der Waals surface area contributed by atoms with Crippen LogP contribution in [0.3, 0.4) is 0 Å². The maximum atomic E-state index is 10.4. The van der Waals surface area contributed by atoms with E-state index in [4.69, 9.17) is 4.98 Å². The number of nitrogens with zero attached hydrogens (tertiary/aromatic N) is 5. The summed E-state index contributed by atoms with van der Waals surface area (Å²) >= 11 is 0. The normalized spacial score (nSPS) is 20.7. The molecule has 0 saturated carbocycles. The lowest BCUT2D eigenvalue weighted by molar-refractivity contribution is 0.199. The molecule has 4 N–H and O–H groups in total. The Morgan fingerprint density at radius 1 is 1.24 bits per heavy atom. The van der Waals surface area contributed by atoms with E-state index < -0.39 is 11.5 Å². The Morgan fingerprint density at radius 3 is 2.79 bits per heavy atom. The summed E-state index contributed by atoms with van der Waals surface area (Å²) in [6.07, 6.45) is 5.83. The molecule has 0 bridgehead atoms. The molecule has 2 unspecified atom stereocenters. The lowest BCUT2D eigenvalue weighted by atomic mass is 9.92. The standard InChI is InChI=1S/C25H28N8O/c1-16-4-8-22(31-30-16)28-18-5-7-20-21(12-18)33(15-27-20)23-9-6-19(17(2)34)24(29-23)32-11-10-25(3,13-26)14-32/h4-9,12,15,17,28,30-31,34H,10-11,14H2,1-3H3. The third-order valence-corrected chi connectivity index (χ3v) is 6.35. The van der Waals surface area contributed by atoms with E-state index in [2.05, 4.69) is 32.1 Å². The molecular formula is C25H28N8O. The van der Waals surface area contributed by atoms with Gasteiger partial charge in [-0.15, -0.1) is 0 Å². The summed E-state index contributed by atoms with van der Waals surface area (Å²) < 4.78 is 1.94. The fraction of sp³-hybridized carbons (Fsp3) is 0.320. The number of imidazole rings is 1. The highest BCUT2D eigenvalue weighted by atomic mass is 16.3. The number of aromatic nitrogens is 3. The van der Waals surface area contributed by atoms with Gasteiger partial charge in [0.1, 0.15) is 23.8 Å². The van der Waals surface area contributed by atoms with Crippen molar-refractivity contribution >= 4 is 22.5 Å². The van der Waals surface area contributed by atoms with Crippen LogP contribution in [0.2, 0.25) is 0 Å².